The second-order valence-electron chi connectivity index (χ2n) is 8.46. The number of allylic oxidation sites excluding steroid dienone is 1. The van der Waals surface area contributed by atoms with Gasteiger partial charge in [-0.3, -0.25) is 0 Å². The average Bonchev–Trinajstić information content (AvgIpc) is 3.03. The maximum Gasteiger partial charge on any atom is 0.420 e. The maximum absolute atomic E-state index is 13.5. The molecule has 1 aliphatic carbocycles. The highest BCUT2D eigenvalue weighted by molar-refractivity contribution is 7.92. The molecule has 1 aromatic rings. The van der Waals surface area contributed by atoms with E-state index in [0.29, 0.717) is 17.4 Å². The van der Waals surface area contributed by atoms with Gasteiger partial charge in [0.15, 0.2) is 9.84 Å². The van der Waals surface area contributed by atoms with E-state index in [2.05, 4.69) is 0 Å². The molecular weight excluding hydrogens is 476 g/mol. The number of rotatable bonds is 6. The summed E-state index contributed by atoms with van der Waals surface area (Å²) in [6.07, 6.45) is -12.4. The predicted octanol–water partition coefficient (Wildman–Crippen LogP) is 4.38. The summed E-state index contributed by atoms with van der Waals surface area (Å²) in [6.45, 7) is -0.173. The molecule has 0 saturated carbocycles. The minimum atomic E-state index is -4.84. The molecule has 1 aromatic carbocycles. The van der Waals surface area contributed by atoms with Crippen LogP contribution in [0.15, 0.2) is 47.6 Å². The molecule has 33 heavy (non-hydrogen) atoms. The first-order valence-electron chi connectivity index (χ1n) is 9.85. The van der Waals surface area contributed by atoms with Gasteiger partial charge in [-0.25, -0.2) is 13.2 Å². The Kier molecular flexibility index (Phi) is 6.35. The van der Waals surface area contributed by atoms with Gasteiger partial charge in [-0.2, -0.15) is 31.2 Å². The van der Waals surface area contributed by atoms with Crippen LogP contribution in [0.4, 0.5) is 26.3 Å². The first-order chi connectivity index (χ1) is 15.0. The summed E-state index contributed by atoms with van der Waals surface area (Å²) >= 11 is 0. The van der Waals surface area contributed by atoms with E-state index in [0.717, 1.165) is 13.0 Å². The van der Waals surface area contributed by atoms with E-state index in [9.17, 15) is 39.6 Å². The number of hydrogen-bond donors (Lipinski definition) is 0. The molecule has 1 heterocycles. The Morgan fingerprint density at radius 1 is 1.09 bits per heavy atom. The normalized spacial score (nSPS) is 27.2. The van der Waals surface area contributed by atoms with Crippen LogP contribution in [0.25, 0.3) is 5.57 Å². The van der Waals surface area contributed by atoms with Crippen LogP contribution >= 0.6 is 0 Å². The number of carbonyl (C=O) groups excluding carboxylic acids is 1. The average molecular weight is 498 g/mol. The van der Waals surface area contributed by atoms with E-state index in [-0.39, 0.29) is 24.1 Å². The Balaban J connectivity index is 2.20. The van der Waals surface area contributed by atoms with E-state index >= 15 is 0 Å². The van der Waals surface area contributed by atoms with Crippen LogP contribution in [-0.4, -0.2) is 62.0 Å². The van der Waals surface area contributed by atoms with Gasteiger partial charge in [0.25, 0.3) is 0 Å². The molecule has 1 fully saturated rings. The molecule has 2 aliphatic rings. The molecule has 0 aromatic heterocycles. The SMILES string of the molecule is C[C@H](O[N+]1(C=O)CC2=CC(CC(F)(F)F)(S(C)(=O)=O)CC(c3ccccc3)=C2C1)C(F)(F)F. The molecule has 0 spiro atoms. The summed E-state index contributed by atoms with van der Waals surface area (Å²) in [5, 5.41) is 0. The van der Waals surface area contributed by atoms with Gasteiger partial charge in [0.1, 0.15) is 17.8 Å². The van der Waals surface area contributed by atoms with E-state index in [4.69, 9.17) is 4.84 Å². The number of likely N-dealkylation sites (tertiary alicyclic amines) is 1. The Labute approximate surface area is 186 Å². The zero-order valence-electron chi connectivity index (χ0n) is 17.7. The topological polar surface area (TPSA) is 60.4 Å². The Bertz CT molecular complexity index is 1090. The highest BCUT2D eigenvalue weighted by Gasteiger charge is 2.55. The van der Waals surface area contributed by atoms with Crippen LogP contribution in [0.3, 0.4) is 0 Å². The Hall–Kier alpha value is -2.18. The van der Waals surface area contributed by atoms with Gasteiger partial charge in [0.05, 0.1) is 6.42 Å². The predicted molar refractivity (Wildman–Crippen MR) is 107 cm³/mol. The van der Waals surface area contributed by atoms with Crippen molar-refractivity contribution >= 4 is 21.8 Å². The van der Waals surface area contributed by atoms with Crippen LogP contribution in [-0.2, 0) is 19.5 Å². The summed E-state index contributed by atoms with van der Waals surface area (Å²) in [7, 11) is -4.34. The minimum absolute atomic E-state index is 0.0521. The number of nitrogens with zero attached hydrogens (tertiary/aromatic N) is 1. The number of quaternary nitrogens is 1. The number of fused-ring (bicyclic) bond motifs is 1. The Morgan fingerprint density at radius 2 is 1.70 bits per heavy atom. The van der Waals surface area contributed by atoms with Gasteiger partial charge < -0.3 is 0 Å². The lowest BCUT2D eigenvalue weighted by Gasteiger charge is -2.34. The fraction of sp³-hybridized carbons (Fsp3) is 0.476. The highest BCUT2D eigenvalue weighted by Crippen LogP contribution is 2.49. The highest BCUT2D eigenvalue weighted by atomic mass is 32.2. The third-order valence-electron chi connectivity index (χ3n) is 5.91. The number of hydroxylamine groups is 3. The molecule has 0 N–H and O–H groups in total. The van der Waals surface area contributed by atoms with E-state index in [1.165, 1.54) is 0 Å². The van der Waals surface area contributed by atoms with Crippen molar-refractivity contribution in [3.05, 3.63) is 53.1 Å². The molecule has 0 bridgehead atoms. The molecule has 1 amide bonds. The fourth-order valence-electron chi connectivity index (χ4n) is 4.29. The van der Waals surface area contributed by atoms with E-state index < -0.39 is 57.1 Å². The molecule has 3 rings (SSSR count). The third kappa shape index (κ3) is 5.17. The number of benzene rings is 1. The van der Waals surface area contributed by atoms with Gasteiger partial charge in [-0.05, 0) is 24.5 Å². The molecule has 1 saturated heterocycles. The fourth-order valence-corrected chi connectivity index (χ4v) is 5.48. The summed E-state index contributed by atoms with van der Waals surface area (Å²) in [5.74, 6) is 0. The summed E-state index contributed by atoms with van der Waals surface area (Å²) in [5.41, 5.74) is 1.01. The standard InChI is InChI=1S/C21H22F6NO4S/c1-14(21(25,26)27)32-28(13-29)10-16-8-19(33(2,30)31,12-20(22,23)24)9-17(18(16)11-28)15-6-4-3-5-7-15/h3-8,13-14H,9-12H2,1-2H3/q+1/t14-,19?,28?/m0/s1. The molecule has 1 aliphatic heterocycles. The van der Waals surface area contributed by atoms with Gasteiger partial charge in [-0.15, -0.1) is 4.65 Å². The number of halogens is 6. The van der Waals surface area contributed by atoms with Crippen molar-refractivity contribution in [2.45, 2.75) is 43.0 Å². The third-order valence-corrected chi connectivity index (χ3v) is 7.79. The number of sulfone groups is 1. The lowest BCUT2D eigenvalue weighted by atomic mass is 9.80. The second kappa shape index (κ2) is 8.24. The number of amides is 1. The van der Waals surface area contributed by atoms with Crippen molar-refractivity contribution in [3.8, 4) is 0 Å². The molecule has 3 atom stereocenters. The van der Waals surface area contributed by atoms with Crippen LogP contribution < -0.4 is 0 Å². The number of hydrogen-bond acceptors (Lipinski definition) is 4. The van der Waals surface area contributed by atoms with Crippen LogP contribution in [0.2, 0.25) is 0 Å². The van der Waals surface area contributed by atoms with Crippen LogP contribution in [0, 0.1) is 0 Å². The smallest absolute Gasteiger partial charge is 0.230 e. The largest absolute Gasteiger partial charge is 0.420 e. The molecule has 0 radical (unpaired) electrons. The minimum Gasteiger partial charge on any atom is -0.230 e. The van der Waals surface area contributed by atoms with Crippen molar-refractivity contribution in [2.75, 3.05) is 19.3 Å². The van der Waals surface area contributed by atoms with Gasteiger partial charge >= 0.3 is 18.8 Å². The zero-order chi connectivity index (χ0) is 24.9. The first-order valence-corrected chi connectivity index (χ1v) is 11.7. The zero-order valence-corrected chi connectivity index (χ0v) is 18.5. The van der Waals surface area contributed by atoms with Crippen LogP contribution in [0.1, 0.15) is 25.3 Å². The summed E-state index contributed by atoms with van der Waals surface area (Å²) in [6, 6.07) is 8.00. The van der Waals surface area contributed by atoms with Gasteiger partial charge in [0, 0.05) is 17.4 Å². The van der Waals surface area contributed by atoms with Crippen molar-refractivity contribution in [1.82, 2.24) is 0 Å². The van der Waals surface area contributed by atoms with Gasteiger partial charge in [0.2, 0.25) is 6.10 Å². The molecular formula is C21H22F6NO4S+. The summed E-state index contributed by atoms with van der Waals surface area (Å²) < 4.78 is 102. The quantitative estimate of drug-likeness (QED) is 0.332. The first kappa shape index (κ1) is 25.4. The number of alkyl halides is 6. The van der Waals surface area contributed by atoms with E-state index in [1.807, 2.05) is 0 Å². The van der Waals surface area contributed by atoms with Crippen molar-refractivity contribution < 1.29 is 49.0 Å². The maximum atomic E-state index is 13.5. The Morgan fingerprint density at radius 3 is 2.18 bits per heavy atom. The van der Waals surface area contributed by atoms with Crippen LogP contribution in [0.5, 0.6) is 0 Å². The number of carbonyl (C=O) groups is 1. The van der Waals surface area contributed by atoms with Crippen molar-refractivity contribution in [3.63, 3.8) is 0 Å². The summed E-state index contributed by atoms with van der Waals surface area (Å²) in [4.78, 5) is 16.9. The lowest BCUT2D eigenvalue weighted by molar-refractivity contribution is -1.03. The van der Waals surface area contributed by atoms with Crippen molar-refractivity contribution in [1.29, 1.82) is 0 Å². The molecule has 5 nitrogen and oxygen atoms in total. The second-order valence-corrected chi connectivity index (χ2v) is 10.8. The van der Waals surface area contributed by atoms with Gasteiger partial charge in [-0.1, -0.05) is 36.4 Å². The lowest BCUT2D eigenvalue weighted by Crippen LogP contribution is -2.49. The monoisotopic (exact) mass is 498 g/mol. The molecule has 12 heteroatoms. The molecule has 182 valence electrons. The van der Waals surface area contributed by atoms with E-state index in [1.54, 1.807) is 30.3 Å². The van der Waals surface area contributed by atoms with Crippen molar-refractivity contribution in [2.24, 2.45) is 0 Å². The molecule has 2 unspecified atom stereocenters.